The maximum absolute atomic E-state index is 12.4. The van der Waals surface area contributed by atoms with Crippen LogP contribution in [0.2, 0.25) is 0 Å². The van der Waals surface area contributed by atoms with Gasteiger partial charge in [0.15, 0.2) is 0 Å². The Bertz CT molecular complexity index is 777. The summed E-state index contributed by atoms with van der Waals surface area (Å²) >= 11 is 0. The monoisotopic (exact) mass is 575 g/mol. The van der Waals surface area contributed by atoms with E-state index in [1.165, 1.54) is 90.1 Å². The summed E-state index contributed by atoms with van der Waals surface area (Å²) in [6, 6.07) is 7.01. The molecule has 1 aromatic rings. The fourth-order valence-electron chi connectivity index (χ4n) is 3.85. The van der Waals surface area contributed by atoms with Crippen molar-refractivity contribution < 1.29 is 19.5 Å². The van der Waals surface area contributed by atoms with E-state index in [0.29, 0.717) is 24.2 Å². The quantitative estimate of drug-likeness (QED) is 0.0830. The maximum Gasteiger partial charge on any atom is 0.327 e. The second-order valence-electron chi connectivity index (χ2n) is 10.2. The smallest absolute Gasteiger partial charge is 0.327 e. The highest BCUT2D eigenvalue weighted by Crippen LogP contribution is 2.11. The standard InChI is InChI=1S/C23H38N2O2.C8H19N.C3H4O2/c1-3-5-6-7-8-9-10-11-12-15-19-25-23(27)21-17-14-13-16-20(21)22(26)24-18-4-2;1-3-5-7-9-8-6-4-2;1-2-3(4)5/h13-14,16-17H,3-12,15,18-19H2,1-2H3,(H,24,26)(H,25,27);9H,3-8H2,1-2H3;2H,1H2,(H,4,5). The minimum atomic E-state index is -0.981. The van der Waals surface area contributed by atoms with Crippen molar-refractivity contribution in [3.8, 4) is 0 Å². The molecule has 0 unspecified atom stereocenters. The Morgan fingerprint density at radius 3 is 1.39 bits per heavy atom. The minimum Gasteiger partial charge on any atom is -0.478 e. The van der Waals surface area contributed by atoms with Crippen molar-refractivity contribution in [2.24, 2.45) is 0 Å². The lowest BCUT2D eigenvalue weighted by molar-refractivity contribution is -0.131. The molecule has 236 valence electrons. The van der Waals surface area contributed by atoms with E-state index in [1.807, 2.05) is 6.92 Å². The molecule has 0 radical (unpaired) electrons. The number of hydrogen-bond acceptors (Lipinski definition) is 4. The molecular formula is C34H61N3O4. The molecular weight excluding hydrogens is 514 g/mol. The number of amides is 2. The molecule has 0 atom stereocenters. The van der Waals surface area contributed by atoms with Crippen LogP contribution in [0.4, 0.5) is 0 Å². The van der Waals surface area contributed by atoms with E-state index in [1.54, 1.807) is 24.3 Å². The number of hydrogen-bond donors (Lipinski definition) is 4. The zero-order valence-electron chi connectivity index (χ0n) is 26.7. The second-order valence-corrected chi connectivity index (χ2v) is 10.2. The van der Waals surface area contributed by atoms with Crippen LogP contribution in [0.25, 0.3) is 0 Å². The summed E-state index contributed by atoms with van der Waals surface area (Å²) < 4.78 is 0. The van der Waals surface area contributed by atoms with Gasteiger partial charge in [0, 0.05) is 19.2 Å². The van der Waals surface area contributed by atoms with Gasteiger partial charge in [-0.25, -0.2) is 4.79 Å². The predicted octanol–water partition coefficient (Wildman–Crippen LogP) is 7.91. The lowest BCUT2D eigenvalue weighted by Gasteiger charge is -2.10. The van der Waals surface area contributed by atoms with Gasteiger partial charge in [-0.3, -0.25) is 9.59 Å². The van der Waals surface area contributed by atoms with Crippen LogP contribution in [-0.2, 0) is 4.79 Å². The molecule has 7 nitrogen and oxygen atoms in total. The molecule has 0 aliphatic heterocycles. The van der Waals surface area contributed by atoms with Crippen LogP contribution in [0.3, 0.4) is 0 Å². The number of carboxylic acid groups (broad SMARTS) is 1. The van der Waals surface area contributed by atoms with E-state index in [9.17, 15) is 14.4 Å². The van der Waals surface area contributed by atoms with E-state index < -0.39 is 5.97 Å². The number of unbranched alkanes of at least 4 members (excludes halogenated alkanes) is 11. The van der Waals surface area contributed by atoms with E-state index in [0.717, 1.165) is 25.3 Å². The first kappa shape index (κ1) is 40.5. The van der Waals surface area contributed by atoms with Crippen molar-refractivity contribution in [3.05, 3.63) is 48.0 Å². The summed E-state index contributed by atoms with van der Waals surface area (Å²) in [5, 5.41) is 16.8. The fourth-order valence-corrected chi connectivity index (χ4v) is 3.85. The molecule has 0 aromatic heterocycles. The van der Waals surface area contributed by atoms with E-state index in [4.69, 9.17) is 5.11 Å². The lowest BCUT2D eigenvalue weighted by Crippen LogP contribution is -2.30. The van der Waals surface area contributed by atoms with Gasteiger partial charge < -0.3 is 21.1 Å². The Hall–Kier alpha value is -2.67. The number of benzene rings is 1. The van der Waals surface area contributed by atoms with E-state index >= 15 is 0 Å². The molecule has 2 amide bonds. The SMILES string of the molecule is C=CC(=O)O.CCCCCCCCCCCCNC(=O)c1ccccc1C(=O)NCCC.CCCCNCCCC. The first-order valence-electron chi connectivity index (χ1n) is 16.1. The van der Waals surface area contributed by atoms with Crippen molar-refractivity contribution in [1.82, 2.24) is 16.0 Å². The first-order chi connectivity index (χ1) is 19.9. The Morgan fingerprint density at radius 1 is 0.610 bits per heavy atom. The lowest BCUT2D eigenvalue weighted by atomic mass is 10.1. The van der Waals surface area contributed by atoms with Gasteiger partial charge in [-0.05, 0) is 50.9 Å². The summed E-state index contributed by atoms with van der Waals surface area (Å²) in [5.41, 5.74) is 0.907. The van der Waals surface area contributed by atoms with Crippen LogP contribution >= 0.6 is 0 Å². The molecule has 0 aliphatic rings. The summed E-state index contributed by atoms with van der Waals surface area (Å²) in [6.07, 6.45) is 19.7. The summed E-state index contributed by atoms with van der Waals surface area (Å²) in [6.45, 7) is 15.4. The van der Waals surface area contributed by atoms with E-state index in [-0.39, 0.29) is 11.8 Å². The van der Waals surface area contributed by atoms with Crippen molar-refractivity contribution in [1.29, 1.82) is 0 Å². The number of aliphatic carboxylic acids is 1. The van der Waals surface area contributed by atoms with Crippen LogP contribution in [0.1, 0.15) is 145 Å². The molecule has 0 fully saturated rings. The van der Waals surface area contributed by atoms with Crippen LogP contribution in [0.5, 0.6) is 0 Å². The second kappa shape index (κ2) is 31.9. The highest BCUT2D eigenvalue weighted by atomic mass is 16.4. The van der Waals surface area contributed by atoms with Crippen molar-refractivity contribution in [3.63, 3.8) is 0 Å². The van der Waals surface area contributed by atoms with Gasteiger partial charge in [0.25, 0.3) is 11.8 Å². The number of nitrogens with one attached hydrogen (secondary N) is 3. The molecule has 1 aromatic carbocycles. The van der Waals surface area contributed by atoms with Crippen LogP contribution < -0.4 is 16.0 Å². The van der Waals surface area contributed by atoms with Gasteiger partial charge in [-0.1, -0.05) is 117 Å². The minimum absolute atomic E-state index is 0.159. The fraction of sp³-hybridized carbons (Fsp3) is 0.676. The largest absolute Gasteiger partial charge is 0.478 e. The molecule has 0 bridgehead atoms. The predicted molar refractivity (Wildman–Crippen MR) is 174 cm³/mol. The number of carbonyl (C=O) groups excluding carboxylic acids is 2. The van der Waals surface area contributed by atoms with E-state index in [2.05, 4.69) is 43.3 Å². The molecule has 0 spiro atoms. The molecule has 0 aliphatic carbocycles. The Labute approximate surface area is 251 Å². The molecule has 4 N–H and O–H groups in total. The summed E-state index contributed by atoms with van der Waals surface area (Å²) in [5.74, 6) is -1.32. The summed E-state index contributed by atoms with van der Waals surface area (Å²) in [4.78, 5) is 33.9. The average molecular weight is 576 g/mol. The van der Waals surface area contributed by atoms with Crippen LogP contribution in [0.15, 0.2) is 36.9 Å². The third kappa shape index (κ3) is 27.3. The molecule has 1 rings (SSSR count). The van der Waals surface area contributed by atoms with Crippen molar-refractivity contribution >= 4 is 17.8 Å². The van der Waals surface area contributed by atoms with Gasteiger partial charge in [0.2, 0.25) is 0 Å². The van der Waals surface area contributed by atoms with Gasteiger partial charge in [0.05, 0.1) is 11.1 Å². The normalized spacial score (nSPS) is 9.95. The third-order valence-electron chi connectivity index (χ3n) is 6.36. The zero-order chi connectivity index (χ0) is 31.0. The summed E-state index contributed by atoms with van der Waals surface area (Å²) in [7, 11) is 0. The average Bonchev–Trinajstić information content (AvgIpc) is 2.99. The van der Waals surface area contributed by atoms with Gasteiger partial charge in [-0.2, -0.15) is 0 Å². The van der Waals surface area contributed by atoms with Gasteiger partial charge in [0.1, 0.15) is 0 Å². The Kier molecular flexibility index (Phi) is 31.4. The topological polar surface area (TPSA) is 108 Å². The first-order valence-corrected chi connectivity index (χ1v) is 16.1. The Balaban J connectivity index is 0. The van der Waals surface area contributed by atoms with Crippen molar-refractivity contribution in [2.45, 2.75) is 124 Å². The zero-order valence-corrected chi connectivity index (χ0v) is 26.7. The third-order valence-corrected chi connectivity index (χ3v) is 6.36. The molecule has 0 saturated heterocycles. The molecule has 7 heteroatoms. The number of carboxylic acids is 1. The Morgan fingerprint density at radius 2 is 1.00 bits per heavy atom. The molecule has 0 saturated carbocycles. The van der Waals surface area contributed by atoms with Gasteiger partial charge >= 0.3 is 5.97 Å². The van der Waals surface area contributed by atoms with Crippen molar-refractivity contribution in [2.75, 3.05) is 26.2 Å². The molecule has 41 heavy (non-hydrogen) atoms. The maximum atomic E-state index is 12.4. The molecule has 0 heterocycles. The number of carbonyl (C=O) groups is 3. The van der Waals surface area contributed by atoms with Crippen LogP contribution in [-0.4, -0.2) is 49.1 Å². The highest BCUT2D eigenvalue weighted by molar-refractivity contribution is 6.07. The highest BCUT2D eigenvalue weighted by Gasteiger charge is 2.15. The number of rotatable bonds is 22. The van der Waals surface area contributed by atoms with Gasteiger partial charge in [-0.15, -0.1) is 0 Å². The van der Waals surface area contributed by atoms with Crippen LogP contribution in [0, 0.1) is 0 Å².